The smallest absolute Gasteiger partial charge is 0.249 e. The molecule has 0 aromatic heterocycles. The topological polar surface area (TPSA) is 63.3 Å². The van der Waals surface area contributed by atoms with E-state index in [9.17, 15) is 4.79 Å². The van der Waals surface area contributed by atoms with Crippen LogP contribution in [0.5, 0.6) is 0 Å². The highest BCUT2D eigenvalue weighted by molar-refractivity contribution is 5.82. The van der Waals surface area contributed by atoms with Gasteiger partial charge in [-0.25, -0.2) is 0 Å². The Morgan fingerprint density at radius 2 is 2.25 bits per heavy atom. The molecule has 1 atom stereocenters. The fourth-order valence-corrected chi connectivity index (χ4v) is 0.174. The lowest BCUT2D eigenvalue weighted by Gasteiger charge is -2.14. The maximum Gasteiger partial charge on any atom is 0.249 e. The van der Waals surface area contributed by atoms with Crippen molar-refractivity contribution in [2.24, 2.45) is 5.73 Å². The Morgan fingerprint density at radius 1 is 1.88 bits per heavy atom. The van der Waals surface area contributed by atoms with Crippen LogP contribution in [0.2, 0.25) is 0 Å². The third-order valence-corrected chi connectivity index (χ3v) is 1.22. The van der Waals surface area contributed by atoms with Crippen LogP contribution in [0.4, 0.5) is 0 Å². The summed E-state index contributed by atoms with van der Waals surface area (Å²) in [6.45, 7) is 3.10. The van der Waals surface area contributed by atoms with Gasteiger partial charge < -0.3 is 10.8 Å². The zero-order valence-electron chi connectivity index (χ0n) is 5.14. The summed E-state index contributed by atoms with van der Waals surface area (Å²) in [5.41, 5.74) is 3.47. The molecule has 0 aromatic carbocycles. The molecule has 1 amide bonds. The first-order valence-electron chi connectivity index (χ1n) is 2.53. The van der Waals surface area contributed by atoms with Crippen molar-refractivity contribution in [3.05, 3.63) is 0 Å². The minimum atomic E-state index is -1.32. The number of hydrogen-bond donors (Lipinski definition) is 2. The van der Waals surface area contributed by atoms with E-state index >= 15 is 0 Å². The van der Waals surface area contributed by atoms with Crippen LogP contribution in [-0.2, 0) is 4.79 Å². The Morgan fingerprint density at radius 3 is 2.25 bits per heavy atom. The molecule has 8 heavy (non-hydrogen) atoms. The van der Waals surface area contributed by atoms with Gasteiger partial charge in [0, 0.05) is 0 Å². The Kier molecular flexibility index (Phi) is 1.98. The van der Waals surface area contributed by atoms with Crippen molar-refractivity contribution in [3.63, 3.8) is 0 Å². The average Bonchev–Trinajstić information content (AvgIpc) is 1.67. The summed E-state index contributed by atoms with van der Waals surface area (Å²) in [5, 5.41) is 8.93. The fraction of sp³-hybridized carbons (Fsp3) is 0.800. The molecule has 0 unspecified atom stereocenters. The van der Waals surface area contributed by atoms with Crippen LogP contribution in [0.15, 0.2) is 0 Å². The summed E-state index contributed by atoms with van der Waals surface area (Å²) in [6, 6.07) is 0. The molecule has 3 heteroatoms. The van der Waals surface area contributed by atoms with Crippen molar-refractivity contribution in [1.29, 1.82) is 0 Å². The van der Waals surface area contributed by atoms with E-state index in [2.05, 4.69) is 0 Å². The van der Waals surface area contributed by atoms with Gasteiger partial charge in [0.1, 0.15) is 5.60 Å². The number of aliphatic hydroxyl groups is 1. The highest BCUT2D eigenvalue weighted by atomic mass is 16.3. The number of primary amides is 1. The number of amides is 1. The highest BCUT2D eigenvalue weighted by Gasteiger charge is 2.23. The molecule has 0 aromatic rings. The Labute approximate surface area is 48.5 Å². The Balaban J connectivity index is 3.91. The zero-order chi connectivity index (χ0) is 6.78. The zero-order valence-corrected chi connectivity index (χ0v) is 5.14. The molecule has 48 valence electrons. The highest BCUT2D eigenvalue weighted by Crippen LogP contribution is 2.05. The van der Waals surface area contributed by atoms with E-state index in [1.54, 1.807) is 6.92 Å². The van der Waals surface area contributed by atoms with E-state index in [4.69, 9.17) is 10.8 Å². The van der Waals surface area contributed by atoms with E-state index < -0.39 is 11.5 Å². The van der Waals surface area contributed by atoms with Gasteiger partial charge in [-0.3, -0.25) is 4.79 Å². The van der Waals surface area contributed by atoms with E-state index in [0.29, 0.717) is 6.42 Å². The predicted octanol–water partition coefficient (Wildman–Crippen LogP) is -0.367. The van der Waals surface area contributed by atoms with E-state index in [0.717, 1.165) is 0 Å². The average molecular weight is 117 g/mol. The SMILES string of the molecule is CC[C@](C)(O)C(N)=O. The lowest BCUT2D eigenvalue weighted by atomic mass is 10.0. The molecule has 0 aliphatic heterocycles. The summed E-state index contributed by atoms with van der Waals surface area (Å²) in [6.07, 6.45) is 0.363. The van der Waals surface area contributed by atoms with Gasteiger partial charge in [0.15, 0.2) is 0 Å². The number of carbonyl (C=O) groups excluding carboxylic acids is 1. The molecule has 3 nitrogen and oxygen atoms in total. The number of nitrogens with two attached hydrogens (primary N) is 1. The van der Waals surface area contributed by atoms with Gasteiger partial charge in [-0.1, -0.05) is 6.92 Å². The fourth-order valence-electron chi connectivity index (χ4n) is 0.174. The molecule has 0 spiro atoms. The maximum absolute atomic E-state index is 10.2. The third-order valence-electron chi connectivity index (χ3n) is 1.22. The molecule has 0 radical (unpaired) electrons. The largest absolute Gasteiger partial charge is 0.380 e. The van der Waals surface area contributed by atoms with Crippen LogP contribution in [-0.4, -0.2) is 16.6 Å². The molecule has 3 N–H and O–H groups in total. The second-order valence-corrected chi connectivity index (χ2v) is 1.99. The molecule has 0 saturated carbocycles. The molecule has 0 rings (SSSR count). The molecular formula is C5H11NO2. The van der Waals surface area contributed by atoms with Crippen LogP contribution in [0, 0.1) is 0 Å². The van der Waals surface area contributed by atoms with Crippen molar-refractivity contribution in [2.45, 2.75) is 25.9 Å². The number of rotatable bonds is 2. The molecule has 0 bridgehead atoms. The van der Waals surface area contributed by atoms with Crippen molar-refractivity contribution >= 4 is 5.91 Å². The molecule has 0 heterocycles. The van der Waals surface area contributed by atoms with Crippen LogP contribution < -0.4 is 5.73 Å². The minimum Gasteiger partial charge on any atom is -0.380 e. The summed E-state index contributed by atoms with van der Waals surface area (Å²) >= 11 is 0. The maximum atomic E-state index is 10.2. The monoisotopic (exact) mass is 117 g/mol. The van der Waals surface area contributed by atoms with Crippen molar-refractivity contribution in [2.75, 3.05) is 0 Å². The van der Waals surface area contributed by atoms with Crippen LogP contribution in [0.3, 0.4) is 0 Å². The van der Waals surface area contributed by atoms with Crippen molar-refractivity contribution in [3.8, 4) is 0 Å². The van der Waals surface area contributed by atoms with E-state index in [1.807, 2.05) is 0 Å². The first kappa shape index (κ1) is 7.43. The molecule has 0 aliphatic carbocycles. The van der Waals surface area contributed by atoms with Crippen molar-refractivity contribution < 1.29 is 9.90 Å². The van der Waals surface area contributed by atoms with Crippen LogP contribution in [0.1, 0.15) is 20.3 Å². The summed E-state index contributed by atoms with van der Waals surface area (Å²) in [4.78, 5) is 10.2. The molecule has 0 aliphatic rings. The predicted molar refractivity (Wildman–Crippen MR) is 30.1 cm³/mol. The second kappa shape index (κ2) is 2.13. The van der Waals surface area contributed by atoms with Gasteiger partial charge in [0.25, 0.3) is 0 Å². The Hall–Kier alpha value is -0.570. The van der Waals surface area contributed by atoms with Crippen LogP contribution >= 0.6 is 0 Å². The third kappa shape index (κ3) is 1.50. The molecular weight excluding hydrogens is 106 g/mol. The van der Waals surface area contributed by atoms with E-state index in [1.165, 1.54) is 6.92 Å². The lowest BCUT2D eigenvalue weighted by molar-refractivity contribution is -0.134. The minimum absolute atomic E-state index is 0.363. The van der Waals surface area contributed by atoms with Gasteiger partial charge in [-0.2, -0.15) is 0 Å². The Bertz CT molecular complexity index is 98.6. The van der Waals surface area contributed by atoms with Gasteiger partial charge in [0.2, 0.25) is 5.91 Å². The first-order valence-corrected chi connectivity index (χ1v) is 2.53. The number of hydrogen-bond acceptors (Lipinski definition) is 2. The summed E-state index contributed by atoms with van der Waals surface area (Å²) < 4.78 is 0. The molecule has 0 saturated heterocycles. The summed E-state index contributed by atoms with van der Waals surface area (Å²) in [5.74, 6) is -0.667. The van der Waals surface area contributed by atoms with Gasteiger partial charge in [-0.15, -0.1) is 0 Å². The standard InChI is InChI=1S/C5H11NO2/c1-3-5(2,8)4(6)7/h8H,3H2,1-2H3,(H2,6,7)/t5-/m0/s1. The van der Waals surface area contributed by atoms with Crippen LogP contribution in [0.25, 0.3) is 0 Å². The second-order valence-electron chi connectivity index (χ2n) is 1.99. The van der Waals surface area contributed by atoms with Crippen molar-refractivity contribution in [1.82, 2.24) is 0 Å². The first-order chi connectivity index (χ1) is 3.50. The molecule has 0 fully saturated rings. The van der Waals surface area contributed by atoms with Gasteiger partial charge in [0.05, 0.1) is 0 Å². The van der Waals surface area contributed by atoms with E-state index in [-0.39, 0.29) is 0 Å². The normalized spacial score (nSPS) is 17.4. The quantitative estimate of drug-likeness (QED) is 0.518. The number of carbonyl (C=O) groups is 1. The van der Waals surface area contributed by atoms with Gasteiger partial charge in [-0.05, 0) is 13.3 Å². The lowest BCUT2D eigenvalue weighted by Crippen LogP contribution is -2.39. The summed E-state index contributed by atoms with van der Waals surface area (Å²) in [7, 11) is 0. The van der Waals surface area contributed by atoms with Gasteiger partial charge >= 0.3 is 0 Å².